The lowest BCUT2D eigenvalue weighted by molar-refractivity contribution is 0.356. The van der Waals surface area contributed by atoms with Gasteiger partial charge in [-0.25, -0.2) is 4.98 Å². The standard InChI is InChI=1S/C16H20N2O2S/c1-19-14-8-11-5-6-17-16(13(11)9-15(14)20-2)18-10-12-4-3-7-21-12/h5-6,8-9,12H,3-4,7,10H2,1-2H3,(H,17,18). The van der Waals surface area contributed by atoms with Gasteiger partial charge in [-0.3, -0.25) is 0 Å². The SMILES string of the molecule is COc1cc2ccnc(NCC3CCCS3)c2cc1OC. The molecule has 4 nitrogen and oxygen atoms in total. The molecular weight excluding hydrogens is 284 g/mol. The van der Waals surface area contributed by atoms with Gasteiger partial charge in [-0.05, 0) is 42.2 Å². The van der Waals surface area contributed by atoms with Crippen molar-refractivity contribution in [1.29, 1.82) is 0 Å². The quantitative estimate of drug-likeness (QED) is 0.915. The number of fused-ring (bicyclic) bond motifs is 1. The van der Waals surface area contributed by atoms with Crippen LogP contribution in [-0.2, 0) is 0 Å². The van der Waals surface area contributed by atoms with E-state index in [-0.39, 0.29) is 0 Å². The van der Waals surface area contributed by atoms with Crippen LogP contribution in [0.4, 0.5) is 5.82 Å². The Labute approximate surface area is 129 Å². The highest BCUT2D eigenvalue weighted by molar-refractivity contribution is 8.00. The largest absolute Gasteiger partial charge is 0.493 e. The van der Waals surface area contributed by atoms with E-state index in [9.17, 15) is 0 Å². The van der Waals surface area contributed by atoms with Gasteiger partial charge in [0.05, 0.1) is 14.2 Å². The van der Waals surface area contributed by atoms with E-state index in [1.807, 2.05) is 36.2 Å². The lowest BCUT2D eigenvalue weighted by Gasteiger charge is -2.14. The Hall–Kier alpha value is -1.62. The van der Waals surface area contributed by atoms with Gasteiger partial charge in [0.25, 0.3) is 0 Å². The molecule has 3 rings (SSSR count). The van der Waals surface area contributed by atoms with Gasteiger partial charge < -0.3 is 14.8 Å². The Morgan fingerprint density at radius 2 is 2.10 bits per heavy atom. The molecule has 1 aliphatic heterocycles. The highest BCUT2D eigenvalue weighted by atomic mass is 32.2. The van der Waals surface area contributed by atoms with Crippen molar-refractivity contribution in [1.82, 2.24) is 4.98 Å². The number of anilines is 1. The maximum Gasteiger partial charge on any atom is 0.161 e. The summed E-state index contributed by atoms with van der Waals surface area (Å²) < 4.78 is 10.7. The smallest absolute Gasteiger partial charge is 0.161 e. The van der Waals surface area contributed by atoms with Crippen LogP contribution < -0.4 is 14.8 Å². The Bertz CT molecular complexity index is 627. The number of nitrogens with zero attached hydrogens (tertiary/aromatic N) is 1. The van der Waals surface area contributed by atoms with E-state index >= 15 is 0 Å². The Morgan fingerprint density at radius 1 is 1.29 bits per heavy atom. The van der Waals surface area contributed by atoms with Gasteiger partial charge in [0, 0.05) is 23.4 Å². The molecule has 0 radical (unpaired) electrons. The fourth-order valence-corrected chi connectivity index (χ4v) is 3.86. The summed E-state index contributed by atoms with van der Waals surface area (Å²) in [5, 5.41) is 6.36. The zero-order valence-corrected chi connectivity index (χ0v) is 13.2. The summed E-state index contributed by atoms with van der Waals surface area (Å²) >= 11 is 2.05. The second-order valence-corrected chi connectivity index (χ2v) is 6.51. The monoisotopic (exact) mass is 304 g/mol. The van der Waals surface area contributed by atoms with Crippen LogP contribution in [0.5, 0.6) is 11.5 Å². The van der Waals surface area contributed by atoms with Gasteiger partial charge >= 0.3 is 0 Å². The maximum atomic E-state index is 5.39. The number of benzene rings is 1. The summed E-state index contributed by atoms with van der Waals surface area (Å²) in [7, 11) is 3.31. The first kappa shape index (κ1) is 14.3. The second-order valence-electron chi connectivity index (χ2n) is 5.10. The molecule has 1 atom stereocenters. The van der Waals surface area contributed by atoms with E-state index in [1.54, 1.807) is 14.2 Å². The van der Waals surface area contributed by atoms with Crippen molar-refractivity contribution < 1.29 is 9.47 Å². The van der Waals surface area contributed by atoms with E-state index in [0.717, 1.165) is 34.6 Å². The van der Waals surface area contributed by atoms with Crippen molar-refractivity contribution >= 4 is 28.4 Å². The molecule has 0 spiro atoms. The van der Waals surface area contributed by atoms with Gasteiger partial charge in [-0.15, -0.1) is 0 Å². The number of methoxy groups -OCH3 is 2. The predicted octanol–water partition coefficient (Wildman–Crippen LogP) is 3.56. The third-order valence-electron chi connectivity index (χ3n) is 3.79. The molecule has 0 amide bonds. The second kappa shape index (κ2) is 6.43. The number of pyridine rings is 1. The molecule has 1 N–H and O–H groups in total. The van der Waals surface area contributed by atoms with E-state index in [1.165, 1.54) is 18.6 Å². The molecule has 112 valence electrons. The van der Waals surface area contributed by atoms with Crippen molar-refractivity contribution in [2.24, 2.45) is 0 Å². The average Bonchev–Trinajstić information content (AvgIpc) is 3.04. The molecule has 1 unspecified atom stereocenters. The van der Waals surface area contributed by atoms with Crippen molar-refractivity contribution in [3.63, 3.8) is 0 Å². The van der Waals surface area contributed by atoms with Gasteiger partial charge in [-0.2, -0.15) is 11.8 Å². The summed E-state index contributed by atoms with van der Waals surface area (Å²) in [6.07, 6.45) is 4.45. The zero-order valence-electron chi connectivity index (χ0n) is 12.4. The van der Waals surface area contributed by atoms with Gasteiger partial charge in [0.1, 0.15) is 5.82 Å². The van der Waals surface area contributed by atoms with Crippen LogP contribution in [0.1, 0.15) is 12.8 Å². The summed E-state index contributed by atoms with van der Waals surface area (Å²) in [6, 6.07) is 5.98. The molecule has 0 saturated carbocycles. The van der Waals surface area contributed by atoms with Crippen LogP contribution in [0.15, 0.2) is 24.4 Å². The average molecular weight is 304 g/mol. The van der Waals surface area contributed by atoms with E-state index < -0.39 is 0 Å². The van der Waals surface area contributed by atoms with Crippen molar-refractivity contribution in [3.05, 3.63) is 24.4 Å². The maximum absolute atomic E-state index is 5.39. The number of ether oxygens (including phenoxy) is 2. The van der Waals surface area contributed by atoms with Crippen LogP contribution in [0.3, 0.4) is 0 Å². The number of thioether (sulfide) groups is 1. The predicted molar refractivity (Wildman–Crippen MR) is 88.8 cm³/mol. The number of hydrogen-bond donors (Lipinski definition) is 1. The number of hydrogen-bond acceptors (Lipinski definition) is 5. The molecule has 1 saturated heterocycles. The van der Waals surface area contributed by atoms with E-state index in [0.29, 0.717) is 5.25 Å². The molecule has 2 aromatic rings. The molecule has 2 heterocycles. The zero-order chi connectivity index (χ0) is 14.7. The number of rotatable bonds is 5. The molecule has 0 aliphatic carbocycles. The normalized spacial score (nSPS) is 17.9. The first-order valence-electron chi connectivity index (χ1n) is 7.18. The van der Waals surface area contributed by atoms with E-state index in [2.05, 4.69) is 10.3 Å². The third-order valence-corrected chi connectivity index (χ3v) is 5.19. The van der Waals surface area contributed by atoms with Crippen LogP contribution in [0.25, 0.3) is 10.8 Å². The number of nitrogens with one attached hydrogen (secondary N) is 1. The molecule has 1 aromatic heterocycles. The lowest BCUT2D eigenvalue weighted by Crippen LogP contribution is -2.14. The molecule has 1 aromatic carbocycles. The minimum absolute atomic E-state index is 0.696. The molecule has 1 aliphatic rings. The fourth-order valence-electron chi connectivity index (χ4n) is 2.66. The highest BCUT2D eigenvalue weighted by Crippen LogP contribution is 2.35. The first-order valence-corrected chi connectivity index (χ1v) is 8.23. The van der Waals surface area contributed by atoms with Crippen LogP contribution in [-0.4, -0.2) is 36.8 Å². The third kappa shape index (κ3) is 3.02. The van der Waals surface area contributed by atoms with Crippen LogP contribution >= 0.6 is 11.8 Å². The number of aromatic nitrogens is 1. The summed E-state index contributed by atoms with van der Waals surface area (Å²) in [4.78, 5) is 4.48. The summed E-state index contributed by atoms with van der Waals surface area (Å²) in [5.74, 6) is 3.67. The van der Waals surface area contributed by atoms with Gasteiger partial charge in [-0.1, -0.05) is 0 Å². The topological polar surface area (TPSA) is 43.4 Å². The first-order chi connectivity index (χ1) is 10.3. The Balaban J connectivity index is 1.90. The fraction of sp³-hybridized carbons (Fsp3) is 0.438. The molecule has 1 fully saturated rings. The van der Waals surface area contributed by atoms with Crippen LogP contribution in [0.2, 0.25) is 0 Å². The molecule has 21 heavy (non-hydrogen) atoms. The van der Waals surface area contributed by atoms with Gasteiger partial charge in [0.2, 0.25) is 0 Å². The molecular formula is C16H20N2O2S. The van der Waals surface area contributed by atoms with Crippen molar-refractivity contribution in [2.75, 3.05) is 31.8 Å². The van der Waals surface area contributed by atoms with Crippen molar-refractivity contribution in [3.8, 4) is 11.5 Å². The lowest BCUT2D eigenvalue weighted by atomic mass is 10.1. The Kier molecular flexibility index (Phi) is 4.39. The summed E-state index contributed by atoms with van der Waals surface area (Å²) in [6.45, 7) is 0.963. The Morgan fingerprint density at radius 3 is 2.81 bits per heavy atom. The molecule has 0 bridgehead atoms. The minimum atomic E-state index is 0.696. The summed E-state index contributed by atoms with van der Waals surface area (Å²) in [5.41, 5.74) is 0. The van der Waals surface area contributed by atoms with Gasteiger partial charge in [0.15, 0.2) is 11.5 Å². The molecule has 5 heteroatoms. The van der Waals surface area contributed by atoms with Crippen molar-refractivity contribution in [2.45, 2.75) is 18.1 Å². The van der Waals surface area contributed by atoms with Crippen LogP contribution in [0, 0.1) is 0 Å². The highest BCUT2D eigenvalue weighted by Gasteiger charge is 2.16. The van der Waals surface area contributed by atoms with E-state index in [4.69, 9.17) is 9.47 Å². The minimum Gasteiger partial charge on any atom is -0.493 e.